The molecule has 2 aliphatic carbocycles. The van der Waals surface area contributed by atoms with E-state index in [4.69, 9.17) is 4.42 Å². The third kappa shape index (κ3) is 4.43. The molecule has 2 aliphatic rings. The molecule has 0 bridgehead atoms. The van der Waals surface area contributed by atoms with Crippen LogP contribution in [0.25, 0.3) is 55.0 Å². The second-order valence-corrected chi connectivity index (χ2v) is 16.4. The van der Waals surface area contributed by atoms with E-state index in [0.717, 1.165) is 39.0 Å². The molecule has 0 radical (unpaired) electrons. The Labute approximate surface area is 338 Å². The molecule has 0 aliphatic heterocycles. The first-order chi connectivity index (χ1) is 28.5. The molecule has 1 aromatic heterocycles. The largest absolute Gasteiger partial charge is 0.454 e. The molecule has 9 aromatic carbocycles. The molecular weight excluding hydrogens is 703 g/mol. The van der Waals surface area contributed by atoms with E-state index in [0.29, 0.717) is 0 Å². The number of furan rings is 1. The standard InChI is InChI=1S/C56H39NO/c1-55(2)49-33-30-36-16-6-7-21-41(36)53(49)46-32-31-40(35-50(46)55)57(51-28-15-25-45-44-24-10-13-29-52(44)58-54(45)51)39-20-14-19-38(34-39)56(37-17-4-3-5-18-37)47-26-11-8-22-42(47)43-23-9-12-27-48(43)56/h3-35H,1-2H3. The van der Waals surface area contributed by atoms with Gasteiger partial charge in [0.1, 0.15) is 5.58 Å². The minimum absolute atomic E-state index is 0.196. The average Bonchev–Trinajstić information content (AvgIpc) is 3.89. The van der Waals surface area contributed by atoms with Crippen LogP contribution in [0, 0.1) is 0 Å². The number of fused-ring (bicyclic) bond motifs is 11. The highest BCUT2D eigenvalue weighted by Gasteiger charge is 2.46. The van der Waals surface area contributed by atoms with E-state index in [-0.39, 0.29) is 5.41 Å². The number of anilines is 3. The van der Waals surface area contributed by atoms with Crippen molar-refractivity contribution in [1.82, 2.24) is 0 Å². The van der Waals surface area contributed by atoms with Crippen LogP contribution in [0.1, 0.15) is 47.2 Å². The van der Waals surface area contributed by atoms with Gasteiger partial charge in [0.2, 0.25) is 0 Å². The van der Waals surface area contributed by atoms with E-state index in [1.807, 2.05) is 0 Å². The molecule has 2 heteroatoms. The summed E-state index contributed by atoms with van der Waals surface area (Å²) in [6.45, 7) is 4.75. The highest BCUT2D eigenvalue weighted by Crippen LogP contribution is 2.57. The smallest absolute Gasteiger partial charge is 0.159 e. The van der Waals surface area contributed by atoms with E-state index in [9.17, 15) is 0 Å². The highest BCUT2D eigenvalue weighted by atomic mass is 16.3. The van der Waals surface area contributed by atoms with Gasteiger partial charge in [-0.3, -0.25) is 0 Å². The predicted molar refractivity (Wildman–Crippen MR) is 241 cm³/mol. The van der Waals surface area contributed by atoms with Crippen LogP contribution in [0.2, 0.25) is 0 Å². The summed E-state index contributed by atoms with van der Waals surface area (Å²) in [6.07, 6.45) is 0. The number of hydrogen-bond acceptors (Lipinski definition) is 2. The van der Waals surface area contributed by atoms with Gasteiger partial charge in [0.15, 0.2) is 5.58 Å². The van der Waals surface area contributed by atoms with Gasteiger partial charge in [0.05, 0.1) is 11.1 Å². The monoisotopic (exact) mass is 741 g/mol. The van der Waals surface area contributed by atoms with Crippen molar-refractivity contribution in [3.63, 3.8) is 0 Å². The van der Waals surface area contributed by atoms with E-state index in [1.165, 1.54) is 66.4 Å². The molecule has 0 saturated carbocycles. The van der Waals surface area contributed by atoms with Gasteiger partial charge in [-0.2, -0.15) is 0 Å². The van der Waals surface area contributed by atoms with Gasteiger partial charge in [0.25, 0.3) is 0 Å². The summed E-state index contributed by atoms with van der Waals surface area (Å²) in [4.78, 5) is 2.43. The molecule has 2 nitrogen and oxygen atoms in total. The number of nitrogens with zero attached hydrogens (tertiary/aromatic N) is 1. The van der Waals surface area contributed by atoms with E-state index < -0.39 is 5.41 Å². The summed E-state index contributed by atoms with van der Waals surface area (Å²) in [5, 5.41) is 4.80. The first kappa shape index (κ1) is 33.0. The summed E-state index contributed by atoms with van der Waals surface area (Å²) in [6, 6.07) is 73.7. The minimum atomic E-state index is -0.524. The fraction of sp³-hybridized carbons (Fsp3) is 0.0714. The van der Waals surface area contributed by atoms with Crippen LogP contribution in [0.15, 0.2) is 205 Å². The van der Waals surface area contributed by atoms with Crippen LogP contribution in [0.3, 0.4) is 0 Å². The van der Waals surface area contributed by atoms with Gasteiger partial charge >= 0.3 is 0 Å². The molecule has 1 heterocycles. The maximum absolute atomic E-state index is 6.81. The Morgan fingerprint density at radius 3 is 1.86 bits per heavy atom. The van der Waals surface area contributed by atoms with Crippen molar-refractivity contribution in [2.45, 2.75) is 24.7 Å². The lowest BCUT2D eigenvalue weighted by molar-refractivity contribution is 0.660. The van der Waals surface area contributed by atoms with Crippen molar-refractivity contribution < 1.29 is 4.42 Å². The van der Waals surface area contributed by atoms with Crippen molar-refractivity contribution in [3.8, 4) is 22.3 Å². The van der Waals surface area contributed by atoms with Crippen LogP contribution in [0.5, 0.6) is 0 Å². The second kappa shape index (κ2) is 12.2. The number of benzene rings is 9. The van der Waals surface area contributed by atoms with Gasteiger partial charge in [-0.25, -0.2) is 0 Å². The van der Waals surface area contributed by atoms with Crippen molar-refractivity contribution in [1.29, 1.82) is 0 Å². The molecule has 274 valence electrons. The first-order valence-corrected chi connectivity index (χ1v) is 20.3. The lowest BCUT2D eigenvalue weighted by Gasteiger charge is -2.35. The lowest BCUT2D eigenvalue weighted by Crippen LogP contribution is -2.28. The molecule has 58 heavy (non-hydrogen) atoms. The molecule has 10 aromatic rings. The molecule has 12 rings (SSSR count). The minimum Gasteiger partial charge on any atom is -0.454 e. The van der Waals surface area contributed by atoms with Crippen LogP contribution in [0.4, 0.5) is 17.1 Å². The molecule has 0 fully saturated rings. The zero-order valence-electron chi connectivity index (χ0n) is 32.4. The maximum Gasteiger partial charge on any atom is 0.159 e. The van der Waals surface area contributed by atoms with E-state index in [2.05, 4.69) is 219 Å². The van der Waals surface area contributed by atoms with Gasteiger partial charge in [-0.1, -0.05) is 178 Å². The van der Waals surface area contributed by atoms with Gasteiger partial charge < -0.3 is 9.32 Å². The van der Waals surface area contributed by atoms with Gasteiger partial charge in [-0.15, -0.1) is 0 Å². The summed E-state index contributed by atoms with van der Waals surface area (Å²) >= 11 is 0. The Morgan fingerprint density at radius 1 is 0.414 bits per heavy atom. The zero-order valence-corrected chi connectivity index (χ0v) is 32.4. The van der Waals surface area contributed by atoms with Crippen LogP contribution in [-0.4, -0.2) is 0 Å². The Kier molecular flexibility index (Phi) is 6.93. The van der Waals surface area contributed by atoms with Crippen LogP contribution < -0.4 is 4.90 Å². The Balaban J connectivity index is 1.13. The number of rotatable bonds is 5. The topological polar surface area (TPSA) is 16.4 Å². The van der Waals surface area contributed by atoms with Gasteiger partial charge in [-0.05, 0) is 103 Å². The third-order valence-electron chi connectivity index (χ3n) is 13.1. The molecule has 0 spiro atoms. The van der Waals surface area contributed by atoms with Crippen molar-refractivity contribution in [3.05, 3.63) is 234 Å². The molecule has 0 unspecified atom stereocenters. The summed E-state index contributed by atoms with van der Waals surface area (Å²) in [5.74, 6) is 0. The summed E-state index contributed by atoms with van der Waals surface area (Å²) in [5.41, 5.74) is 17.2. The van der Waals surface area contributed by atoms with Crippen LogP contribution >= 0.6 is 0 Å². The first-order valence-electron chi connectivity index (χ1n) is 20.3. The highest BCUT2D eigenvalue weighted by molar-refractivity contribution is 6.10. The predicted octanol–water partition coefficient (Wildman–Crippen LogP) is 14.9. The average molecular weight is 742 g/mol. The summed E-state index contributed by atoms with van der Waals surface area (Å²) < 4.78 is 6.81. The lowest BCUT2D eigenvalue weighted by atomic mass is 9.67. The fourth-order valence-corrected chi connectivity index (χ4v) is 10.6. The van der Waals surface area contributed by atoms with Crippen molar-refractivity contribution in [2.24, 2.45) is 0 Å². The zero-order chi connectivity index (χ0) is 38.6. The number of para-hydroxylation sites is 2. The van der Waals surface area contributed by atoms with Crippen LogP contribution in [-0.2, 0) is 10.8 Å². The Bertz CT molecular complexity index is 3230. The SMILES string of the molecule is CC1(C)c2cc(N(c3cccc(C4(c5ccccc5)c5ccccc5-c5ccccc54)c3)c3cccc4c3oc3ccccc34)ccc2-c2c1ccc1ccccc21. The Morgan fingerprint density at radius 2 is 1.05 bits per heavy atom. The molecule has 0 atom stereocenters. The molecule has 0 saturated heterocycles. The van der Waals surface area contributed by atoms with E-state index in [1.54, 1.807) is 0 Å². The number of hydrogen-bond donors (Lipinski definition) is 0. The molecular formula is C56H39NO. The molecule has 0 amide bonds. The normalized spacial score (nSPS) is 14.3. The fourth-order valence-electron chi connectivity index (χ4n) is 10.6. The molecule has 0 N–H and O–H groups in total. The van der Waals surface area contributed by atoms with Crippen molar-refractivity contribution in [2.75, 3.05) is 4.90 Å². The maximum atomic E-state index is 6.81. The summed E-state index contributed by atoms with van der Waals surface area (Å²) in [7, 11) is 0. The van der Waals surface area contributed by atoms with Crippen molar-refractivity contribution >= 4 is 49.8 Å². The third-order valence-corrected chi connectivity index (χ3v) is 13.1. The van der Waals surface area contributed by atoms with Gasteiger partial charge in [0, 0.05) is 27.6 Å². The second-order valence-electron chi connectivity index (χ2n) is 16.4. The quantitative estimate of drug-likeness (QED) is 0.175. The van der Waals surface area contributed by atoms with E-state index >= 15 is 0 Å². The Hall–Kier alpha value is -7.16.